The number of benzene rings is 1. The van der Waals surface area contributed by atoms with E-state index in [2.05, 4.69) is 55.8 Å². The van der Waals surface area contributed by atoms with Crippen LogP contribution < -0.4 is 10.6 Å². The van der Waals surface area contributed by atoms with E-state index in [1.807, 2.05) is 12.1 Å². The van der Waals surface area contributed by atoms with Gasteiger partial charge in [0.2, 0.25) is 0 Å². The monoisotopic (exact) mass is 317 g/mol. The molecule has 0 saturated carbocycles. The molecule has 0 spiro atoms. The third kappa shape index (κ3) is 2.80. The molecule has 1 aliphatic rings. The van der Waals surface area contributed by atoms with Crippen LogP contribution in [0.3, 0.4) is 0 Å². The molecule has 98 valence electrons. The van der Waals surface area contributed by atoms with Crippen molar-refractivity contribution in [2.75, 3.05) is 18.4 Å². The van der Waals surface area contributed by atoms with Gasteiger partial charge in [0, 0.05) is 18.8 Å². The molecular formula is C15H16BrN3. The Kier molecular flexibility index (Phi) is 3.80. The molecule has 2 N–H and O–H groups in total. The van der Waals surface area contributed by atoms with Gasteiger partial charge in [-0.2, -0.15) is 0 Å². The van der Waals surface area contributed by atoms with Gasteiger partial charge in [-0.3, -0.25) is 0 Å². The van der Waals surface area contributed by atoms with Crippen molar-refractivity contribution < 1.29 is 0 Å². The van der Waals surface area contributed by atoms with Gasteiger partial charge < -0.3 is 10.6 Å². The number of aromatic nitrogens is 1. The van der Waals surface area contributed by atoms with Gasteiger partial charge in [-0.1, -0.05) is 24.3 Å². The van der Waals surface area contributed by atoms with Crippen LogP contribution in [0.15, 0.2) is 47.1 Å². The minimum Gasteiger partial charge on any atom is -0.367 e. The van der Waals surface area contributed by atoms with E-state index < -0.39 is 0 Å². The summed E-state index contributed by atoms with van der Waals surface area (Å²) in [5, 5.41) is 6.96. The predicted octanol–water partition coefficient (Wildman–Crippen LogP) is 3.14. The Morgan fingerprint density at radius 1 is 1.26 bits per heavy atom. The Hall–Kier alpha value is -1.39. The second-order valence-electron chi connectivity index (χ2n) is 4.67. The average Bonchev–Trinajstić information content (AvgIpc) is 2.46. The van der Waals surface area contributed by atoms with Crippen LogP contribution in [0.1, 0.15) is 17.2 Å². The van der Waals surface area contributed by atoms with Crippen LogP contribution in [-0.2, 0) is 6.42 Å². The van der Waals surface area contributed by atoms with Crippen molar-refractivity contribution in [2.45, 2.75) is 12.5 Å². The Labute approximate surface area is 121 Å². The molecule has 19 heavy (non-hydrogen) atoms. The van der Waals surface area contributed by atoms with Gasteiger partial charge in [-0.15, -0.1) is 0 Å². The van der Waals surface area contributed by atoms with E-state index in [-0.39, 0.29) is 0 Å². The van der Waals surface area contributed by atoms with Gasteiger partial charge in [0.05, 0.1) is 4.47 Å². The zero-order chi connectivity index (χ0) is 13.1. The van der Waals surface area contributed by atoms with Crippen LogP contribution in [0.2, 0.25) is 0 Å². The zero-order valence-corrected chi connectivity index (χ0v) is 12.2. The summed E-state index contributed by atoms with van der Waals surface area (Å²) < 4.78 is 0.999. The number of rotatable bonds is 3. The lowest BCUT2D eigenvalue weighted by molar-refractivity contribution is 0.523. The minimum atomic E-state index is 0.346. The third-order valence-electron chi connectivity index (χ3n) is 3.45. The molecular weight excluding hydrogens is 302 g/mol. The van der Waals surface area contributed by atoms with Crippen molar-refractivity contribution in [1.82, 2.24) is 10.3 Å². The largest absolute Gasteiger partial charge is 0.367 e. The summed E-state index contributed by atoms with van der Waals surface area (Å²) in [6.45, 7) is 1.87. The number of hydrogen-bond acceptors (Lipinski definition) is 3. The topological polar surface area (TPSA) is 37.0 Å². The van der Waals surface area contributed by atoms with Crippen molar-refractivity contribution in [3.63, 3.8) is 0 Å². The van der Waals surface area contributed by atoms with Gasteiger partial charge in [0.15, 0.2) is 0 Å². The standard InChI is InChI=1S/C15H16BrN3/c16-13-6-3-8-18-15(13)19-10-14-12-5-2-1-4-11(12)7-9-17-14/h1-6,8,14,17H,7,9-10H2,(H,18,19). The summed E-state index contributed by atoms with van der Waals surface area (Å²) in [7, 11) is 0. The van der Waals surface area contributed by atoms with Crippen LogP contribution in [0, 0.1) is 0 Å². The van der Waals surface area contributed by atoms with Gasteiger partial charge in [0.1, 0.15) is 5.82 Å². The van der Waals surface area contributed by atoms with Crippen LogP contribution in [0.25, 0.3) is 0 Å². The second kappa shape index (κ2) is 5.72. The number of hydrogen-bond donors (Lipinski definition) is 2. The molecule has 0 bridgehead atoms. The van der Waals surface area contributed by atoms with Crippen molar-refractivity contribution in [1.29, 1.82) is 0 Å². The van der Waals surface area contributed by atoms with Crippen LogP contribution in [0.4, 0.5) is 5.82 Å². The maximum atomic E-state index is 4.33. The summed E-state index contributed by atoms with van der Waals surface area (Å²) >= 11 is 3.51. The van der Waals surface area contributed by atoms with Crippen molar-refractivity contribution in [2.24, 2.45) is 0 Å². The van der Waals surface area contributed by atoms with Gasteiger partial charge in [-0.05, 0) is 52.2 Å². The lowest BCUT2D eigenvalue weighted by atomic mass is 9.94. The highest BCUT2D eigenvalue weighted by Crippen LogP contribution is 2.24. The maximum Gasteiger partial charge on any atom is 0.140 e. The average molecular weight is 318 g/mol. The van der Waals surface area contributed by atoms with Crippen LogP contribution in [-0.4, -0.2) is 18.1 Å². The minimum absolute atomic E-state index is 0.346. The fourth-order valence-corrected chi connectivity index (χ4v) is 2.88. The number of pyridine rings is 1. The number of fused-ring (bicyclic) bond motifs is 1. The number of nitrogens with one attached hydrogen (secondary N) is 2. The summed E-state index contributed by atoms with van der Waals surface area (Å²) in [4.78, 5) is 4.33. The van der Waals surface area contributed by atoms with Crippen LogP contribution >= 0.6 is 15.9 Å². The fourth-order valence-electron chi connectivity index (χ4n) is 2.49. The van der Waals surface area contributed by atoms with Crippen molar-refractivity contribution in [3.05, 3.63) is 58.2 Å². The van der Waals surface area contributed by atoms with Gasteiger partial charge >= 0.3 is 0 Å². The first-order valence-electron chi connectivity index (χ1n) is 6.50. The molecule has 2 aromatic rings. The van der Waals surface area contributed by atoms with E-state index in [1.165, 1.54) is 11.1 Å². The molecule has 0 fully saturated rings. The first kappa shape index (κ1) is 12.6. The molecule has 4 heteroatoms. The molecule has 0 radical (unpaired) electrons. The number of nitrogens with zero attached hydrogens (tertiary/aromatic N) is 1. The molecule has 1 aromatic heterocycles. The number of halogens is 1. The number of anilines is 1. The summed E-state index contributed by atoms with van der Waals surface area (Å²) in [5.41, 5.74) is 2.85. The normalized spacial score (nSPS) is 17.8. The second-order valence-corrected chi connectivity index (χ2v) is 5.52. The lowest BCUT2D eigenvalue weighted by Crippen LogP contribution is -2.34. The molecule has 0 amide bonds. The maximum absolute atomic E-state index is 4.33. The summed E-state index contributed by atoms with van der Waals surface area (Å²) in [6.07, 6.45) is 2.91. The molecule has 1 atom stereocenters. The highest BCUT2D eigenvalue weighted by Gasteiger charge is 2.18. The Bertz CT molecular complexity index is 571. The van der Waals surface area contributed by atoms with E-state index in [1.54, 1.807) is 6.20 Å². The molecule has 1 unspecified atom stereocenters. The molecule has 3 rings (SSSR count). The Morgan fingerprint density at radius 2 is 2.16 bits per heavy atom. The first-order chi connectivity index (χ1) is 9.34. The van der Waals surface area contributed by atoms with Gasteiger partial charge in [0.25, 0.3) is 0 Å². The highest BCUT2D eigenvalue weighted by atomic mass is 79.9. The third-order valence-corrected chi connectivity index (χ3v) is 4.09. The SMILES string of the molecule is Brc1cccnc1NCC1NCCc2ccccc21. The van der Waals surface area contributed by atoms with E-state index >= 15 is 0 Å². The van der Waals surface area contributed by atoms with Crippen molar-refractivity contribution >= 4 is 21.7 Å². The summed E-state index contributed by atoms with van der Waals surface area (Å²) in [5.74, 6) is 0.896. The van der Waals surface area contributed by atoms with Crippen LogP contribution in [0.5, 0.6) is 0 Å². The molecule has 0 aliphatic carbocycles. The molecule has 0 saturated heterocycles. The Balaban J connectivity index is 1.73. The molecule has 3 nitrogen and oxygen atoms in total. The zero-order valence-electron chi connectivity index (χ0n) is 10.6. The van der Waals surface area contributed by atoms with Crippen molar-refractivity contribution in [3.8, 4) is 0 Å². The first-order valence-corrected chi connectivity index (χ1v) is 7.29. The quantitative estimate of drug-likeness (QED) is 0.913. The van der Waals surface area contributed by atoms with E-state index in [9.17, 15) is 0 Å². The fraction of sp³-hybridized carbons (Fsp3) is 0.267. The lowest BCUT2D eigenvalue weighted by Gasteiger charge is -2.27. The summed E-state index contributed by atoms with van der Waals surface area (Å²) in [6, 6.07) is 12.9. The van der Waals surface area contributed by atoms with Gasteiger partial charge in [-0.25, -0.2) is 4.98 Å². The highest BCUT2D eigenvalue weighted by molar-refractivity contribution is 9.10. The smallest absolute Gasteiger partial charge is 0.140 e. The van der Waals surface area contributed by atoms with E-state index in [0.29, 0.717) is 6.04 Å². The van der Waals surface area contributed by atoms with E-state index in [4.69, 9.17) is 0 Å². The van der Waals surface area contributed by atoms with E-state index in [0.717, 1.165) is 29.8 Å². The molecule has 1 aromatic carbocycles. The predicted molar refractivity (Wildman–Crippen MR) is 81.3 cm³/mol. The molecule has 2 heterocycles. The Morgan fingerprint density at radius 3 is 3.05 bits per heavy atom. The molecule has 1 aliphatic heterocycles.